The van der Waals surface area contributed by atoms with Crippen molar-refractivity contribution in [2.75, 3.05) is 44.7 Å². The van der Waals surface area contributed by atoms with Crippen LogP contribution in [0.4, 0.5) is 5.69 Å². The monoisotopic (exact) mass is 674 g/mol. The molecule has 0 spiro atoms. The third-order valence-electron chi connectivity index (χ3n) is 9.61. The number of anilines is 1. The molecule has 5 aromatic rings. The number of sulfonamides is 1. The largest absolute Gasteiger partial charge is 0.493 e. The van der Waals surface area contributed by atoms with Crippen LogP contribution in [0.2, 0.25) is 0 Å². The zero-order valence-electron chi connectivity index (χ0n) is 27.7. The number of fused-ring (bicyclic) bond motifs is 2. The van der Waals surface area contributed by atoms with E-state index >= 15 is 0 Å². The van der Waals surface area contributed by atoms with Crippen LogP contribution in [0.1, 0.15) is 41.6 Å². The maximum Gasteiger partial charge on any atom is 0.241 e. The molecule has 2 aliphatic heterocycles. The zero-order chi connectivity index (χ0) is 33.8. The molecule has 0 bridgehead atoms. The number of piperazine rings is 1. The molecule has 2 atom stereocenters. The lowest BCUT2D eigenvalue weighted by molar-refractivity contribution is -0.119. The minimum Gasteiger partial charge on any atom is -0.493 e. The van der Waals surface area contributed by atoms with E-state index < -0.39 is 16.1 Å². The number of hydrogen-bond acceptors (Lipinski definition) is 6. The first-order chi connectivity index (χ1) is 23.8. The van der Waals surface area contributed by atoms with Gasteiger partial charge in [0.1, 0.15) is 5.75 Å². The fraction of sp³-hybridized carbons (Fsp3) is 0.275. The first kappa shape index (κ1) is 33.0. The van der Waals surface area contributed by atoms with Crippen LogP contribution in [0, 0.1) is 0 Å². The normalized spacial score (nSPS) is 17.6. The van der Waals surface area contributed by atoms with Crippen molar-refractivity contribution in [1.29, 1.82) is 0 Å². The minimum atomic E-state index is -3.98. The van der Waals surface area contributed by atoms with E-state index in [2.05, 4.69) is 33.7 Å². The standard InChI is InChI=1S/C40H42N4O4S/c1-42-21-23-43(24-22-42)29-30-16-19-39-36(26-30)38(20-25-48-39)44(34-14-6-3-7-15-34)40(45)28-37(32-11-4-2-5-12-32)41-49(46,47)35-18-17-31-10-8-9-13-33(31)27-35/h2-19,26-27,37-38,41H,20-25,28-29H2,1H3. The number of hydrogen-bond donors (Lipinski definition) is 1. The zero-order valence-corrected chi connectivity index (χ0v) is 28.6. The Bertz CT molecular complexity index is 2010. The number of carbonyl (C=O) groups excluding carboxylic acids is 1. The lowest BCUT2D eigenvalue weighted by Gasteiger charge is -2.37. The molecule has 1 saturated heterocycles. The van der Waals surface area contributed by atoms with Crippen molar-refractivity contribution < 1.29 is 17.9 Å². The highest BCUT2D eigenvalue weighted by molar-refractivity contribution is 7.89. The van der Waals surface area contributed by atoms with Crippen LogP contribution in [0.3, 0.4) is 0 Å². The van der Waals surface area contributed by atoms with E-state index in [-0.39, 0.29) is 23.3 Å². The van der Waals surface area contributed by atoms with Crippen molar-refractivity contribution in [3.63, 3.8) is 0 Å². The Kier molecular flexibility index (Phi) is 9.77. The molecule has 8 nitrogen and oxygen atoms in total. The van der Waals surface area contributed by atoms with Gasteiger partial charge < -0.3 is 14.5 Å². The molecule has 2 unspecified atom stereocenters. The van der Waals surface area contributed by atoms with Crippen molar-refractivity contribution in [3.8, 4) is 5.75 Å². The average molecular weight is 675 g/mol. The van der Waals surface area contributed by atoms with E-state index in [1.807, 2.05) is 102 Å². The summed E-state index contributed by atoms with van der Waals surface area (Å²) in [4.78, 5) is 21.5. The van der Waals surface area contributed by atoms with Crippen molar-refractivity contribution in [2.24, 2.45) is 0 Å². The van der Waals surface area contributed by atoms with E-state index in [0.29, 0.717) is 13.0 Å². The molecule has 9 heteroatoms. The van der Waals surface area contributed by atoms with Crippen LogP contribution in [0.5, 0.6) is 5.75 Å². The van der Waals surface area contributed by atoms with Crippen LogP contribution >= 0.6 is 0 Å². The molecule has 2 heterocycles. The number of likely N-dealkylation sites (N-methyl/N-ethyl adjacent to an activating group) is 1. The Balaban J connectivity index is 1.20. The maximum absolute atomic E-state index is 14.7. The third-order valence-corrected chi connectivity index (χ3v) is 11.1. The highest BCUT2D eigenvalue weighted by atomic mass is 32.2. The average Bonchev–Trinajstić information content (AvgIpc) is 3.13. The van der Waals surface area contributed by atoms with Gasteiger partial charge in [0, 0.05) is 56.8 Å². The summed E-state index contributed by atoms with van der Waals surface area (Å²) in [5.74, 6) is 0.604. The summed E-state index contributed by atoms with van der Waals surface area (Å²) in [6.45, 7) is 5.42. The van der Waals surface area contributed by atoms with E-state index in [4.69, 9.17) is 4.74 Å². The second-order valence-electron chi connectivity index (χ2n) is 13.0. The number of amides is 1. The summed E-state index contributed by atoms with van der Waals surface area (Å²) in [5.41, 5.74) is 3.64. The molecule has 49 heavy (non-hydrogen) atoms. The highest BCUT2D eigenvalue weighted by Gasteiger charge is 2.34. The minimum absolute atomic E-state index is 0.0700. The summed E-state index contributed by atoms with van der Waals surface area (Å²) >= 11 is 0. The Morgan fingerprint density at radius 3 is 2.29 bits per heavy atom. The molecule has 0 saturated carbocycles. The summed E-state index contributed by atoms with van der Waals surface area (Å²) < 4.78 is 36.8. The van der Waals surface area contributed by atoms with Crippen LogP contribution in [0.15, 0.2) is 126 Å². The fourth-order valence-electron chi connectivity index (χ4n) is 6.92. The Labute approximate surface area is 289 Å². The summed E-state index contributed by atoms with van der Waals surface area (Å²) in [7, 11) is -1.82. The smallest absolute Gasteiger partial charge is 0.241 e. The molecule has 1 amide bonds. The summed E-state index contributed by atoms with van der Waals surface area (Å²) in [6.07, 6.45) is 0.545. The fourth-order valence-corrected chi connectivity index (χ4v) is 8.18. The summed E-state index contributed by atoms with van der Waals surface area (Å²) in [6, 6.07) is 37.1. The molecule has 0 aromatic heterocycles. The molecule has 2 aliphatic rings. The first-order valence-corrected chi connectivity index (χ1v) is 18.4. The van der Waals surface area contributed by atoms with Gasteiger partial charge in [-0.25, -0.2) is 13.1 Å². The van der Waals surface area contributed by atoms with E-state index in [0.717, 1.165) is 66.1 Å². The van der Waals surface area contributed by atoms with Gasteiger partial charge in [-0.05, 0) is 65.3 Å². The van der Waals surface area contributed by atoms with Crippen LogP contribution in [0.25, 0.3) is 10.8 Å². The number of ether oxygens (including phenoxy) is 1. The van der Waals surface area contributed by atoms with Crippen molar-refractivity contribution in [3.05, 3.63) is 138 Å². The van der Waals surface area contributed by atoms with Crippen LogP contribution in [-0.4, -0.2) is 64.0 Å². The number of benzene rings is 5. The quantitative estimate of drug-likeness (QED) is 0.181. The Morgan fingerprint density at radius 1 is 0.837 bits per heavy atom. The van der Waals surface area contributed by atoms with Gasteiger partial charge in [-0.3, -0.25) is 9.69 Å². The van der Waals surface area contributed by atoms with E-state index in [1.165, 1.54) is 5.56 Å². The van der Waals surface area contributed by atoms with Gasteiger partial charge >= 0.3 is 0 Å². The van der Waals surface area contributed by atoms with Crippen LogP contribution < -0.4 is 14.4 Å². The van der Waals surface area contributed by atoms with Gasteiger partial charge in [-0.15, -0.1) is 0 Å². The SMILES string of the molecule is CN1CCN(Cc2ccc3c(c2)C(N(C(=O)CC(NS(=O)(=O)c2ccc4ccccc4c2)c2ccccc2)c2ccccc2)CCO3)CC1. The van der Waals surface area contributed by atoms with Gasteiger partial charge in [0.25, 0.3) is 0 Å². The molecular weight excluding hydrogens is 633 g/mol. The second-order valence-corrected chi connectivity index (χ2v) is 14.7. The number of nitrogens with one attached hydrogen (secondary N) is 1. The van der Waals surface area contributed by atoms with E-state index in [9.17, 15) is 13.2 Å². The summed E-state index contributed by atoms with van der Waals surface area (Å²) in [5, 5.41) is 1.79. The molecule has 5 aromatic carbocycles. The van der Waals surface area contributed by atoms with Crippen molar-refractivity contribution in [1.82, 2.24) is 14.5 Å². The molecule has 1 N–H and O–H groups in total. The first-order valence-electron chi connectivity index (χ1n) is 16.9. The van der Waals surface area contributed by atoms with Gasteiger partial charge in [-0.2, -0.15) is 0 Å². The molecule has 0 aliphatic carbocycles. The lowest BCUT2D eigenvalue weighted by Crippen LogP contribution is -2.44. The number of para-hydroxylation sites is 1. The maximum atomic E-state index is 14.7. The third kappa shape index (κ3) is 7.55. The lowest BCUT2D eigenvalue weighted by atomic mass is 9.94. The number of carbonyl (C=O) groups is 1. The van der Waals surface area contributed by atoms with Crippen molar-refractivity contribution >= 4 is 32.4 Å². The van der Waals surface area contributed by atoms with Gasteiger partial charge in [0.05, 0.1) is 23.6 Å². The predicted octanol–water partition coefficient (Wildman–Crippen LogP) is 6.55. The number of rotatable bonds is 10. The van der Waals surface area contributed by atoms with Gasteiger partial charge in [0.2, 0.25) is 15.9 Å². The highest BCUT2D eigenvalue weighted by Crippen LogP contribution is 2.40. The second kappa shape index (κ2) is 14.5. The molecule has 0 radical (unpaired) electrons. The van der Waals surface area contributed by atoms with Crippen molar-refractivity contribution in [2.45, 2.75) is 36.4 Å². The van der Waals surface area contributed by atoms with Crippen LogP contribution in [-0.2, 0) is 21.4 Å². The topological polar surface area (TPSA) is 82.2 Å². The molecule has 252 valence electrons. The van der Waals surface area contributed by atoms with E-state index in [1.54, 1.807) is 12.1 Å². The van der Waals surface area contributed by atoms with Gasteiger partial charge in [-0.1, -0.05) is 84.9 Å². The Morgan fingerprint density at radius 2 is 1.53 bits per heavy atom. The molecule has 7 rings (SSSR count). The number of nitrogens with zero attached hydrogens (tertiary/aromatic N) is 3. The Hall–Kier alpha value is -4.54. The van der Waals surface area contributed by atoms with Gasteiger partial charge in [0.15, 0.2) is 0 Å². The molecular formula is C40H42N4O4S. The molecule has 1 fully saturated rings. The predicted molar refractivity (Wildman–Crippen MR) is 194 cm³/mol.